The van der Waals surface area contributed by atoms with Crippen molar-refractivity contribution in [3.63, 3.8) is 0 Å². The van der Waals surface area contributed by atoms with Crippen molar-refractivity contribution in [2.45, 2.75) is 0 Å². The maximum Gasteiger partial charge on any atom is 0.341 e. The number of aliphatic carboxylic acids is 1. The zero-order chi connectivity index (χ0) is 7.28. The lowest BCUT2D eigenvalue weighted by Gasteiger charge is -1.95. The summed E-state index contributed by atoms with van der Waals surface area (Å²) < 4.78 is 4.09. The molecule has 0 heterocycles. The van der Waals surface area contributed by atoms with Crippen molar-refractivity contribution >= 4 is 11.9 Å². The standard InChI is InChI=1S/C4H7NO4/c5-1-4(8)9-2-3(6)7/h1-2,5H2,(H,6,7)/i1+1,2+1,3+1,4+1. The first-order chi connectivity index (χ1) is 4.16. The maximum absolute atomic E-state index is 10.1. The molecule has 0 spiro atoms. The van der Waals surface area contributed by atoms with Crippen LogP contribution in [-0.4, -0.2) is 30.2 Å². The predicted molar refractivity (Wildman–Crippen MR) is 27.6 cm³/mol. The molecule has 0 rings (SSSR count). The predicted octanol–water partition coefficient (Wildman–Crippen LogP) is -1.43. The van der Waals surface area contributed by atoms with Gasteiger partial charge in [-0.2, -0.15) is 0 Å². The second kappa shape index (κ2) is 3.85. The molecule has 0 saturated heterocycles. The number of esters is 1. The van der Waals surface area contributed by atoms with Crippen LogP contribution < -0.4 is 5.73 Å². The van der Waals surface area contributed by atoms with Gasteiger partial charge in [0.15, 0.2) is 6.61 Å². The Hall–Kier alpha value is -1.10. The largest absolute Gasteiger partial charge is 0.479 e. The zero-order valence-electron chi connectivity index (χ0n) is 4.66. The van der Waals surface area contributed by atoms with Crippen molar-refractivity contribution in [3.8, 4) is 0 Å². The molecule has 0 aromatic heterocycles. The molecule has 52 valence electrons. The molecular formula is C4H7NO4. The fraction of sp³-hybridized carbons (Fsp3) is 0.500. The average Bonchev–Trinajstić information content (AvgIpc) is 1.83. The molecule has 0 unspecified atom stereocenters. The fourth-order valence-electron chi connectivity index (χ4n) is 0.201. The number of carbonyl (C=O) groups is 2. The summed E-state index contributed by atoms with van der Waals surface area (Å²) in [5, 5.41) is 7.94. The third kappa shape index (κ3) is 4.76. The van der Waals surface area contributed by atoms with Crippen molar-refractivity contribution in [2.24, 2.45) is 5.73 Å². The number of ether oxygens (including phenoxy) is 1. The van der Waals surface area contributed by atoms with Crippen LogP contribution in [0.15, 0.2) is 0 Å². The van der Waals surface area contributed by atoms with E-state index in [1.54, 1.807) is 0 Å². The van der Waals surface area contributed by atoms with Gasteiger partial charge in [-0.3, -0.25) is 4.79 Å². The van der Waals surface area contributed by atoms with Crippen molar-refractivity contribution in [3.05, 3.63) is 0 Å². The molecule has 0 bridgehead atoms. The molecule has 0 amide bonds. The lowest BCUT2D eigenvalue weighted by atomic mass is 11.6. The minimum absolute atomic E-state index is 0.284. The van der Waals surface area contributed by atoms with Gasteiger partial charge in [-0.1, -0.05) is 0 Å². The van der Waals surface area contributed by atoms with E-state index in [-0.39, 0.29) is 6.54 Å². The molecule has 5 heteroatoms. The van der Waals surface area contributed by atoms with Crippen LogP contribution in [0, 0.1) is 0 Å². The van der Waals surface area contributed by atoms with Gasteiger partial charge in [-0.25, -0.2) is 4.79 Å². The molecule has 0 aliphatic carbocycles. The van der Waals surface area contributed by atoms with E-state index in [9.17, 15) is 9.59 Å². The molecular weight excluding hydrogens is 130 g/mol. The third-order valence-electron chi connectivity index (χ3n) is 0.523. The van der Waals surface area contributed by atoms with Crippen LogP contribution in [0.25, 0.3) is 0 Å². The Labute approximate surface area is 51.4 Å². The number of hydrogen-bond donors (Lipinski definition) is 2. The second-order valence-electron chi connectivity index (χ2n) is 1.26. The lowest BCUT2D eigenvalue weighted by Crippen LogP contribution is -2.20. The number of rotatable bonds is 3. The van der Waals surface area contributed by atoms with E-state index in [4.69, 9.17) is 10.8 Å². The summed E-state index contributed by atoms with van der Waals surface area (Å²) in [6.07, 6.45) is 0. The Morgan fingerprint density at radius 1 is 1.56 bits per heavy atom. The first-order valence-corrected chi connectivity index (χ1v) is 2.24. The van der Waals surface area contributed by atoms with Gasteiger partial charge in [0.25, 0.3) is 0 Å². The molecule has 0 radical (unpaired) electrons. The quantitative estimate of drug-likeness (QED) is 0.367. The summed E-state index contributed by atoms with van der Waals surface area (Å²) in [6.45, 7) is -0.899. The number of nitrogens with two attached hydrogens (primary N) is 1. The first-order valence-electron chi connectivity index (χ1n) is 2.24. The van der Waals surface area contributed by atoms with Gasteiger partial charge >= 0.3 is 11.9 Å². The Morgan fingerprint density at radius 3 is 2.44 bits per heavy atom. The molecule has 3 N–H and O–H groups in total. The van der Waals surface area contributed by atoms with Gasteiger partial charge in [0.05, 0.1) is 6.54 Å². The van der Waals surface area contributed by atoms with Crippen LogP contribution in [0.4, 0.5) is 0 Å². The van der Waals surface area contributed by atoms with Crippen LogP contribution >= 0.6 is 0 Å². The van der Waals surface area contributed by atoms with Crippen LogP contribution in [-0.2, 0) is 14.3 Å². The molecule has 0 aromatic rings. The summed E-state index contributed by atoms with van der Waals surface area (Å²) in [6, 6.07) is 0. The van der Waals surface area contributed by atoms with Crippen LogP contribution in [0.2, 0.25) is 0 Å². The highest BCUT2D eigenvalue weighted by atomic mass is 16.7. The third-order valence-corrected chi connectivity index (χ3v) is 0.523. The summed E-state index contributed by atoms with van der Waals surface area (Å²) in [4.78, 5) is 19.8. The van der Waals surface area contributed by atoms with Gasteiger partial charge in [0.2, 0.25) is 0 Å². The minimum Gasteiger partial charge on any atom is -0.479 e. The number of carboxylic acids is 1. The van der Waals surface area contributed by atoms with E-state index < -0.39 is 18.5 Å². The molecule has 5 nitrogen and oxygen atoms in total. The summed E-state index contributed by atoms with van der Waals surface area (Å²) in [5.74, 6) is -1.89. The van der Waals surface area contributed by atoms with Crippen LogP contribution in [0.1, 0.15) is 0 Å². The van der Waals surface area contributed by atoms with Crippen molar-refractivity contribution in [1.82, 2.24) is 0 Å². The maximum atomic E-state index is 10.1. The van der Waals surface area contributed by atoms with Crippen LogP contribution in [0.3, 0.4) is 0 Å². The molecule has 0 aliphatic rings. The highest BCUT2D eigenvalue weighted by Gasteiger charge is 2.01. The number of carbonyl (C=O) groups excluding carboxylic acids is 1. The Morgan fingerprint density at radius 2 is 2.11 bits per heavy atom. The smallest absolute Gasteiger partial charge is 0.341 e. The minimum atomic E-state index is -1.18. The van der Waals surface area contributed by atoms with E-state index in [1.165, 1.54) is 0 Å². The van der Waals surface area contributed by atoms with Gasteiger partial charge in [-0.05, 0) is 0 Å². The van der Waals surface area contributed by atoms with Crippen molar-refractivity contribution < 1.29 is 19.4 Å². The molecule has 0 fully saturated rings. The Balaban J connectivity index is 3.28. The van der Waals surface area contributed by atoms with E-state index in [0.29, 0.717) is 0 Å². The second-order valence-corrected chi connectivity index (χ2v) is 1.26. The van der Waals surface area contributed by atoms with Gasteiger partial charge in [0, 0.05) is 0 Å². The zero-order valence-corrected chi connectivity index (χ0v) is 4.66. The molecule has 9 heavy (non-hydrogen) atoms. The monoisotopic (exact) mass is 137 g/mol. The van der Waals surface area contributed by atoms with Gasteiger partial charge in [-0.15, -0.1) is 0 Å². The molecule has 0 aromatic carbocycles. The van der Waals surface area contributed by atoms with E-state index in [1.807, 2.05) is 0 Å². The summed E-state index contributed by atoms with van der Waals surface area (Å²) >= 11 is 0. The molecule has 0 atom stereocenters. The van der Waals surface area contributed by atoms with Crippen molar-refractivity contribution in [1.29, 1.82) is 0 Å². The highest BCUT2D eigenvalue weighted by Crippen LogP contribution is 1.73. The topological polar surface area (TPSA) is 89.6 Å². The molecule has 0 saturated carbocycles. The summed E-state index contributed by atoms with van der Waals surface area (Å²) in [7, 11) is 0. The normalized spacial score (nSPS) is 8.56. The average molecular weight is 137 g/mol. The molecule has 0 aliphatic heterocycles. The van der Waals surface area contributed by atoms with Gasteiger partial charge in [0.1, 0.15) is 0 Å². The lowest BCUT2D eigenvalue weighted by molar-refractivity contribution is -0.154. The number of carboxylic acid groups (broad SMARTS) is 1. The van der Waals surface area contributed by atoms with Gasteiger partial charge < -0.3 is 15.6 Å². The van der Waals surface area contributed by atoms with E-state index in [0.717, 1.165) is 0 Å². The highest BCUT2D eigenvalue weighted by molar-refractivity contribution is 5.76. The van der Waals surface area contributed by atoms with Crippen molar-refractivity contribution in [2.75, 3.05) is 13.2 Å². The Bertz CT molecular complexity index is 122. The van der Waals surface area contributed by atoms with E-state index >= 15 is 0 Å². The summed E-state index contributed by atoms with van der Waals surface area (Å²) in [5.41, 5.74) is 4.79. The first kappa shape index (κ1) is 7.90. The van der Waals surface area contributed by atoms with Crippen LogP contribution in [0.5, 0.6) is 0 Å². The SMILES string of the molecule is N[13CH2][13C](=O)O[13CH2][13C](=O)O. The number of hydrogen-bond acceptors (Lipinski definition) is 4. The fourth-order valence-corrected chi connectivity index (χ4v) is 0.201. The Kier molecular flexibility index (Phi) is 3.38. The van der Waals surface area contributed by atoms with E-state index in [2.05, 4.69) is 4.74 Å².